The first kappa shape index (κ1) is 14.2. The Bertz CT molecular complexity index is 437. The number of nitrogens with zero attached hydrogens (tertiary/aromatic N) is 2. The van der Waals surface area contributed by atoms with Crippen molar-refractivity contribution in [2.75, 3.05) is 11.9 Å². The van der Waals surface area contributed by atoms with Gasteiger partial charge in [0.15, 0.2) is 0 Å². The average Bonchev–Trinajstić information content (AvgIpc) is 2.28. The fourth-order valence-electron chi connectivity index (χ4n) is 1.36. The van der Waals surface area contributed by atoms with E-state index < -0.39 is 11.5 Å². The standard InChI is InChI=1S/C12H19N3O3/c1-5-12(4,10(16)17)15-11-13-8(3)7-9(14-11)18-6-2/h7H,5-6H2,1-4H3,(H,16,17)(H,13,14,15). The lowest BCUT2D eigenvalue weighted by atomic mass is 10.00. The van der Waals surface area contributed by atoms with E-state index in [1.807, 2.05) is 6.92 Å². The molecule has 1 rings (SSSR count). The molecule has 0 fully saturated rings. The summed E-state index contributed by atoms with van der Waals surface area (Å²) in [4.78, 5) is 19.5. The molecule has 0 saturated carbocycles. The summed E-state index contributed by atoms with van der Waals surface area (Å²) in [5, 5.41) is 12.0. The number of ether oxygens (including phenoxy) is 1. The van der Waals surface area contributed by atoms with Crippen molar-refractivity contribution in [3.8, 4) is 5.88 Å². The first-order chi connectivity index (χ1) is 8.41. The molecule has 1 aromatic rings. The fourth-order valence-corrected chi connectivity index (χ4v) is 1.36. The van der Waals surface area contributed by atoms with Crippen LogP contribution in [0.15, 0.2) is 6.07 Å². The van der Waals surface area contributed by atoms with Crippen LogP contribution in [0.4, 0.5) is 5.95 Å². The van der Waals surface area contributed by atoms with Crippen molar-refractivity contribution >= 4 is 11.9 Å². The topological polar surface area (TPSA) is 84.3 Å². The molecule has 100 valence electrons. The van der Waals surface area contributed by atoms with Gasteiger partial charge in [0.1, 0.15) is 5.54 Å². The van der Waals surface area contributed by atoms with Gasteiger partial charge in [0.2, 0.25) is 11.8 Å². The number of hydrogen-bond acceptors (Lipinski definition) is 5. The molecule has 1 unspecified atom stereocenters. The van der Waals surface area contributed by atoms with Crippen LogP contribution in [0.1, 0.15) is 32.9 Å². The zero-order valence-corrected chi connectivity index (χ0v) is 11.1. The van der Waals surface area contributed by atoms with Crippen LogP contribution in [0.25, 0.3) is 0 Å². The van der Waals surface area contributed by atoms with Gasteiger partial charge < -0.3 is 15.2 Å². The molecule has 1 aromatic heterocycles. The van der Waals surface area contributed by atoms with Gasteiger partial charge in [-0.1, -0.05) is 6.92 Å². The predicted molar refractivity (Wildman–Crippen MR) is 67.9 cm³/mol. The van der Waals surface area contributed by atoms with Crippen LogP contribution in [0.2, 0.25) is 0 Å². The minimum absolute atomic E-state index is 0.269. The highest BCUT2D eigenvalue weighted by molar-refractivity contribution is 5.81. The molecule has 0 spiro atoms. The number of nitrogens with one attached hydrogen (secondary N) is 1. The van der Waals surface area contributed by atoms with Crippen molar-refractivity contribution < 1.29 is 14.6 Å². The third kappa shape index (κ3) is 3.32. The first-order valence-electron chi connectivity index (χ1n) is 5.91. The van der Waals surface area contributed by atoms with E-state index in [4.69, 9.17) is 4.74 Å². The van der Waals surface area contributed by atoms with E-state index >= 15 is 0 Å². The number of aryl methyl sites for hydroxylation is 1. The third-order valence-electron chi connectivity index (χ3n) is 2.69. The Hall–Kier alpha value is -1.85. The van der Waals surface area contributed by atoms with Gasteiger partial charge >= 0.3 is 5.97 Å². The van der Waals surface area contributed by atoms with Crippen molar-refractivity contribution in [1.29, 1.82) is 0 Å². The highest BCUT2D eigenvalue weighted by Gasteiger charge is 2.31. The Kier molecular flexibility index (Phi) is 4.47. The number of aromatic nitrogens is 2. The van der Waals surface area contributed by atoms with Crippen LogP contribution in [0, 0.1) is 6.92 Å². The smallest absolute Gasteiger partial charge is 0.329 e. The van der Waals surface area contributed by atoms with Gasteiger partial charge in [0, 0.05) is 11.8 Å². The summed E-state index contributed by atoms with van der Waals surface area (Å²) >= 11 is 0. The highest BCUT2D eigenvalue weighted by atomic mass is 16.5. The first-order valence-corrected chi connectivity index (χ1v) is 5.91. The summed E-state index contributed by atoms with van der Waals surface area (Å²) in [5.74, 6) is -0.227. The molecule has 6 heteroatoms. The van der Waals surface area contributed by atoms with Crippen LogP contribution < -0.4 is 10.1 Å². The van der Waals surface area contributed by atoms with E-state index in [0.717, 1.165) is 5.69 Å². The molecule has 1 atom stereocenters. The van der Waals surface area contributed by atoms with Crippen LogP contribution in [-0.4, -0.2) is 33.2 Å². The maximum Gasteiger partial charge on any atom is 0.329 e. The number of carboxylic acids is 1. The minimum Gasteiger partial charge on any atom is -0.480 e. The molecule has 1 heterocycles. The van der Waals surface area contributed by atoms with E-state index in [9.17, 15) is 9.90 Å². The van der Waals surface area contributed by atoms with Crippen LogP contribution in [-0.2, 0) is 4.79 Å². The van der Waals surface area contributed by atoms with E-state index in [-0.39, 0.29) is 5.95 Å². The second-order valence-corrected chi connectivity index (χ2v) is 4.22. The zero-order valence-electron chi connectivity index (χ0n) is 11.1. The number of rotatable bonds is 6. The molecule has 18 heavy (non-hydrogen) atoms. The number of carboxylic acid groups (broad SMARTS) is 1. The molecule has 0 aliphatic heterocycles. The molecule has 0 amide bonds. The molecule has 6 nitrogen and oxygen atoms in total. The van der Waals surface area contributed by atoms with Gasteiger partial charge in [0.05, 0.1) is 6.61 Å². The maximum atomic E-state index is 11.2. The Labute approximate surface area is 106 Å². The van der Waals surface area contributed by atoms with Gasteiger partial charge in [-0.2, -0.15) is 4.98 Å². The number of anilines is 1. The molecule has 0 radical (unpaired) electrons. The largest absolute Gasteiger partial charge is 0.480 e. The Morgan fingerprint density at radius 3 is 2.67 bits per heavy atom. The lowest BCUT2D eigenvalue weighted by molar-refractivity contribution is -0.141. The van der Waals surface area contributed by atoms with E-state index in [2.05, 4.69) is 15.3 Å². The number of aliphatic carboxylic acids is 1. The normalized spacial score (nSPS) is 13.8. The van der Waals surface area contributed by atoms with Crippen molar-refractivity contribution in [3.05, 3.63) is 11.8 Å². The van der Waals surface area contributed by atoms with Crippen LogP contribution in [0.5, 0.6) is 5.88 Å². The van der Waals surface area contributed by atoms with Gasteiger partial charge in [-0.05, 0) is 27.2 Å². The van der Waals surface area contributed by atoms with E-state index in [0.29, 0.717) is 18.9 Å². The molecule has 0 aliphatic carbocycles. The van der Waals surface area contributed by atoms with Gasteiger partial charge in [-0.15, -0.1) is 0 Å². The summed E-state index contributed by atoms with van der Waals surface area (Å²) in [7, 11) is 0. The van der Waals surface area contributed by atoms with Crippen LogP contribution >= 0.6 is 0 Å². The second-order valence-electron chi connectivity index (χ2n) is 4.22. The third-order valence-corrected chi connectivity index (χ3v) is 2.69. The SMILES string of the molecule is CCOc1cc(C)nc(NC(C)(CC)C(=O)O)n1. The number of carbonyl (C=O) groups is 1. The van der Waals surface area contributed by atoms with Crippen molar-refractivity contribution in [1.82, 2.24) is 9.97 Å². The Morgan fingerprint density at radius 1 is 1.50 bits per heavy atom. The molecule has 0 aromatic carbocycles. The lowest BCUT2D eigenvalue weighted by Gasteiger charge is -2.24. The highest BCUT2D eigenvalue weighted by Crippen LogP contribution is 2.18. The quantitative estimate of drug-likeness (QED) is 0.804. The lowest BCUT2D eigenvalue weighted by Crippen LogP contribution is -2.43. The maximum absolute atomic E-state index is 11.2. The summed E-state index contributed by atoms with van der Waals surface area (Å²) in [6, 6.07) is 1.71. The number of hydrogen-bond donors (Lipinski definition) is 2. The van der Waals surface area contributed by atoms with Crippen LogP contribution in [0.3, 0.4) is 0 Å². The summed E-state index contributed by atoms with van der Waals surface area (Å²) < 4.78 is 5.30. The molecule has 0 saturated heterocycles. The zero-order chi connectivity index (χ0) is 13.8. The molecular formula is C12H19N3O3. The van der Waals surface area contributed by atoms with Gasteiger partial charge in [-0.25, -0.2) is 9.78 Å². The van der Waals surface area contributed by atoms with Crippen molar-refractivity contribution in [2.45, 2.75) is 39.7 Å². The monoisotopic (exact) mass is 253 g/mol. The van der Waals surface area contributed by atoms with E-state index in [1.165, 1.54) is 0 Å². The average molecular weight is 253 g/mol. The predicted octanol–water partition coefficient (Wildman–Crippen LogP) is 1.85. The molecule has 0 bridgehead atoms. The summed E-state index contributed by atoms with van der Waals surface area (Å²) in [6.45, 7) is 7.55. The molecule has 2 N–H and O–H groups in total. The summed E-state index contributed by atoms with van der Waals surface area (Å²) in [6.07, 6.45) is 0.420. The fraction of sp³-hybridized carbons (Fsp3) is 0.583. The van der Waals surface area contributed by atoms with E-state index in [1.54, 1.807) is 26.8 Å². The van der Waals surface area contributed by atoms with Gasteiger partial charge in [0.25, 0.3) is 0 Å². The Morgan fingerprint density at radius 2 is 2.17 bits per heavy atom. The second kappa shape index (κ2) is 5.66. The summed E-state index contributed by atoms with van der Waals surface area (Å²) in [5.41, 5.74) is -0.364. The van der Waals surface area contributed by atoms with Crippen molar-refractivity contribution in [3.63, 3.8) is 0 Å². The molecule has 0 aliphatic rings. The molecular weight excluding hydrogens is 234 g/mol. The minimum atomic E-state index is -1.09. The van der Waals surface area contributed by atoms with Gasteiger partial charge in [-0.3, -0.25) is 0 Å². The van der Waals surface area contributed by atoms with Crippen molar-refractivity contribution in [2.24, 2.45) is 0 Å². The Balaban J connectivity index is 2.99.